The number of hydrogen-bond acceptors (Lipinski definition) is 2. The van der Waals surface area contributed by atoms with E-state index in [0.29, 0.717) is 0 Å². The predicted molar refractivity (Wildman–Crippen MR) is 70.1 cm³/mol. The minimum absolute atomic E-state index is 0.741. The average Bonchev–Trinajstić information content (AvgIpc) is 2.39. The quantitative estimate of drug-likeness (QED) is 0.736. The maximum atomic E-state index is 5.66. The number of nitrogens with zero attached hydrogens (tertiary/aromatic N) is 1. The second-order valence-electron chi connectivity index (χ2n) is 4.30. The highest BCUT2D eigenvalue weighted by Crippen LogP contribution is 2.35. The van der Waals surface area contributed by atoms with Gasteiger partial charge >= 0.3 is 0 Å². The monoisotopic (exact) mass is 225 g/mol. The SMILES string of the molecule is Cc1ccc(N2CCOc3ccccc32)cc1. The first-order chi connectivity index (χ1) is 8.34. The lowest BCUT2D eigenvalue weighted by atomic mass is 10.1. The number of benzene rings is 2. The molecule has 0 radical (unpaired) electrons. The highest BCUT2D eigenvalue weighted by molar-refractivity contribution is 5.70. The first-order valence-corrected chi connectivity index (χ1v) is 5.90. The van der Waals surface area contributed by atoms with Gasteiger partial charge in [0.15, 0.2) is 0 Å². The maximum absolute atomic E-state index is 5.66. The van der Waals surface area contributed by atoms with Crippen molar-refractivity contribution in [3.05, 3.63) is 54.1 Å². The molecule has 86 valence electrons. The smallest absolute Gasteiger partial charge is 0.143 e. The molecule has 0 aromatic heterocycles. The standard InChI is InChI=1S/C15H15NO/c1-12-6-8-13(9-7-12)16-10-11-17-15-5-3-2-4-14(15)16/h2-9H,10-11H2,1H3. The van der Waals surface area contributed by atoms with Gasteiger partial charge in [0.2, 0.25) is 0 Å². The number of para-hydroxylation sites is 2. The van der Waals surface area contributed by atoms with Crippen molar-refractivity contribution in [2.45, 2.75) is 6.92 Å². The van der Waals surface area contributed by atoms with E-state index in [4.69, 9.17) is 4.74 Å². The molecular weight excluding hydrogens is 210 g/mol. The molecule has 0 unspecified atom stereocenters. The summed E-state index contributed by atoms with van der Waals surface area (Å²) in [4.78, 5) is 2.30. The zero-order chi connectivity index (χ0) is 11.7. The largest absolute Gasteiger partial charge is 0.490 e. The van der Waals surface area contributed by atoms with E-state index in [1.54, 1.807) is 0 Å². The molecule has 0 saturated carbocycles. The molecule has 3 rings (SSSR count). The molecule has 1 aliphatic heterocycles. The fraction of sp³-hybridized carbons (Fsp3) is 0.200. The van der Waals surface area contributed by atoms with Gasteiger partial charge in [-0.25, -0.2) is 0 Å². The van der Waals surface area contributed by atoms with E-state index in [-0.39, 0.29) is 0 Å². The molecule has 1 aliphatic rings. The Morgan fingerprint density at radius 2 is 1.76 bits per heavy atom. The van der Waals surface area contributed by atoms with Crippen molar-refractivity contribution in [1.82, 2.24) is 0 Å². The van der Waals surface area contributed by atoms with Gasteiger partial charge in [0.1, 0.15) is 12.4 Å². The van der Waals surface area contributed by atoms with Crippen molar-refractivity contribution >= 4 is 11.4 Å². The van der Waals surface area contributed by atoms with Gasteiger partial charge in [0, 0.05) is 5.69 Å². The van der Waals surface area contributed by atoms with Crippen LogP contribution in [-0.2, 0) is 0 Å². The van der Waals surface area contributed by atoms with E-state index < -0.39 is 0 Å². The highest BCUT2D eigenvalue weighted by Gasteiger charge is 2.18. The van der Waals surface area contributed by atoms with E-state index in [2.05, 4.69) is 48.2 Å². The van der Waals surface area contributed by atoms with Gasteiger partial charge in [-0.05, 0) is 31.2 Å². The predicted octanol–water partition coefficient (Wildman–Crippen LogP) is 3.53. The average molecular weight is 225 g/mol. The van der Waals surface area contributed by atoms with Gasteiger partial charge in [0.25, 0.3) is 0 Å². The van der Waals surface area contributed by atoms with Crippen LogP contribution in [0.3, 0.4) is 0 Å². The Balaban J connectivity index is 2.03. The third-order valence-electron chi connectivity index (χ3n) is 3.07. The first kappa shape index (κ1) is 10.2. The summed E-state index contributed by atoms with van der Waals surface area (Å²) in [6, 6.07) is 16.8. The molecule has 0 atom stereocenters. The molecule has 2 nitrogen and oxygen atoms in total. The van der Waals surface area contributed by atoms with Crippen LogP contribution in [0.25, 0.3) is 0 Å². The van der Waals surface area contributed by atoms with E-state index in [1.165, 1.54) is 11.3 Å². The minimum atomic E-state index is 0.741. The number of rotatable bonds is 1. The lowest BCUT2D eigenvalue weighted by Crippen LogP contribution is -2.28. The molecule has 2 aromatic carbocycles. The summed E-state index contributed by atoms with van der Waals surface area (Å²) < 4.78 is 5.66. The van der Waals surface area contributed by atoms with Gasteiger partial charge in [-0.15, -0.1) is 0 Å². The van der Waals surface area contributed by atoms with Crippen LogP contribution in [0, 0.1) is 6.92 Å². The zero-order valence-corrected chi connectivity index (χ0v) is 9.89. The van der Waals surface area contributed by atoms with Crippen LogP contribution in [0.5, 0.6) is 5.75 Å². The summed E-state index contributed by atoms with van der Waals surface area (Å²) in [6.45, 7) is 3.75. The molecule has 0 fully saturated rings. The van der Waals surface area contributed by atoms with Crippen molar-refractivity contribution in [2.24, 2.45) is 0 Å². The Bertz CT molecular complexity index is 519. The van der Waals surface area contributed by atoms with Gasteiger partial charge < -0.3 is 9.64 Å². The topological polar surface area (TPSA) is 12.5 Å². The van der Waals surface area contributed by atoms with Crippen LogP contribution in [0.4, 0.5) is 11.4 Å². The van der Waals surface area contributed by atoms with Gasteiger partial charge in [-0.1, -0.05) is 29.8 Å². The van der Waals surface area contributed by atoms with Crippen molar-refractivity contribution in [2.75, 3.05) is 18.1 Å². The summed E-state index contributed by atoms with van der Waals surface area (Å²) >= 11 is 0. The van der Waals surface area contributed by atoms with Crippen molar-refractivity contribution in [1.29, 1.82) is 0 Å². The Kier molecular flexibility index (Phi) is 2.48. The number of anilines is 2. The second kappa shape index (κ2) is 4.13. The molecule has 0 N–H and O–H groups in total. The summed E-state index contributed by atoms with van der Waals surface area (Å²) in [6.07, 6.45) is 0. The van der Waals surface area contributed by atoms with Crippen LogP contribution in [-0.4, -0.2) is 13.2 Å². The van der Waals surface area contributed by atoms with Crippen LogP contribution >= 0.6 is 0 Å². The van der Waals surface area contributed by atoms with Crippen molar-refractivity contribution < 1.29 is 4.74 Å². The highest BCUT2D eigenvalue weighted by atomic mass is 16.5. The molecule has 0 amide bonds. The summed E-state index contributed by atoms with van der Waals surface area (Å²) in [5, 5.41) is 0. The zero-order valence-electron chi connectivity index (χ0n) is 9.89. The molecule has 17 heavy (non-hydrogen) atoms. The van der Waals surface area contributed by atoms with E-state index in [1.807, 2.05) is 12.1 Å². The Labute approximate surface area is 101 Å². The molecule has 2 aromatic rings. The fourth-order valence-corrected chi connectivity index (χ4v) is 2.16. The van der Waals surface area contributed by atoms with E-state index in [0.717, 1.165) is 24.6 Å². The van der Waals surface area contributed by atoms with Crippen molar-refractivity contribution in [3.8, 4) is 5.75 Å². The number of ether oxygens (including phenoxy) is 1. The molecule has 0 saturated heterocycles. The third kappa shape index (κ3) is 1.86. The number of aryl methyl sites for hydroxylation is 1. The van der Waals surface area contributed by atoms with E-state index >= 15 is 0 Å². The molecule has 2 heteroatoms. The molecule has 0 spiro atoms. The van der Waals surface area contributed by atoms with Crippen molar-refractivity contribution in [3.63, 3.8) is 0 Å². The Morgan fingerprint density at radius 3 is 2.59 bits per heavy atom. The molecule has 1 heterocycles. The van der Waals surface area contributed by atoms with E-state index in [9.17, 15) is 0 Å². The Morgan fingerprint density at radius 1 is 1.00 bits per heavy atom. The minimum Gasteiger partial charge on any atom is -0.490 e. The normalized spacial score (nSPS) is 14.1. The first-order valence-electron chi connectivity index (χ1n) is 5.90. The van der Waals surface area contributed by atoms with Gasteiger partial charge in [-0.2, -0.15) is 0 Å². The number of fused-ring (bicyclic) bond motifs is 1. The van der Waals surface area contributed by atoms with Crippen LogP contribution in [0.15, 0.2) is 48.5 Å². The molecular formula is C15H15NO. The molecule has 0 bridgehead atoms. The van der Waals surface area contributed by atoms with Gasteiger partial charge in [-0.3, -0.25) is 0 Å². The van der Waals surface area contributed by atoms with Crippen LogP contribution < -0.4 is 9.64 Å². The number of hydrogen-bond donors (Lipinski definition) is 0. The maximum Gasteiger partial charge on any atom is 0.143 e. The lowest BCUT2D eigenvalue weighted by Gasteiger charge is -2.31. The Hall–Kier alpha value is -1.96. The lowest BCUT2D eigenvalue weighted by molar-refractivity contribution is 0.314. The summed E-state index contributed by atoms with van der Waals surface area (Å²) in [7, 11) is 0. The molecule has 0 aliphatic carbocycles. The third-order valence-corrected chi connectivity index (χ3v) is 3.07. The summed E-state index contributed by atoms with van der Waals surface area (Å²) in [5.41, 5.74) is 3.67. The second-order valence-corrected chi connectivity index (χ2v) is 4.30. The fourth-order valence-electron chi connectivity index (χ4n) is 2.16. The van der Waals surface area contributed by atoms with Crippen LogP contribution in [0.2, 0.25) is 0 Å². The van der Waals surface area contributed by atoms with Gasteiger partial charge in [0.05, 0.1) is 12.2 Å². The van der Waals surface area contributed by atoms with Crippen LogP contribution in [0.1, 0.15) is 5.56 Å². The summed E-state index contributed by atoms with van der Waals surface area (Å²) in [5.74, 6) is 0.972.